The van der Waals surface area contributed by atoms with Gasteiger partial charge in [-0.15, -0.1) is 0 Å². The molecule has 1 aliphatic rings. The number of esters is 1. The summed E-state index contributed by atoms with van der Waals surface area (Å²) in [7, 11) is 0. The molecule has 1 aromatic heterocycles. The molecule has 0 radical (unpaired) electrons. The highest BCUT2D eigenvalue weighted by Crippen LogP contribution is 2.41. The third-order valence-corrected chi connectivity index (χ3v) is 3.52. The molecule has 5 nitrogen and oxygen atoms in total. The number of ether oxygens (including phenoxy) is 1. The van der Waals surface area contributed by atoms with Crippen molar-refractivity contribution in [2.45, 2.75) is 46.1 Å². The first-order valence-corrected chi connectivity index (χ1v) is 6.63. The minimum atomic E-state index is -0.425. The van der Waals surface area contributed by atoms with E-state index in [0.29, 0.717) is 24.4 Å². The highest BCUT2D eigenvalue weighted by molar-refractivity contribution is 5.92. The summed E-state index contributed by atoms with van der Waals surface area (Å²) in [6, 6.07) is 0.315. The number of nitrogen functional groups attached to an aromatic ring is 1. The highest BCUT2D eigenvalue weighted by atomic mass is 16.5. The zero-order valence-corrected chi connectivity index (χ0v) is 11.3. The van der Waals surface area contributed by atoms with E-state index in [1.807, 2.05) is 11.5 Å². The maximum absolute atomic E-state index is 11.8. The molecular formula is C13H21N3O2. The first-order chi connectivity index (χ1) is 8.60. The van der Waals surface area contributed by atoms with Crippen LogP contribution in [0.1, 0.15) is 56.0 Å². The van der Waals surface area contributed by atoms with Crippen molar-refractivity contribution in [3.8, 4) is 0 Å². The van der Waals surface area contributed by atoms with Gasteiger partial charge >= 0.3 is 5.97 Å². The van der Waals surface area contributed by atoms with Gasteiger partial charge in [0.2, 0.25) is 0 Å². The fourth-order valence-corrected chi connectivity index (χ4v) is 2.34. The number of hydrogen-bond acceptors (Lipinski definition) is 4. The average molecular weight is 251 g/mol. The van der Waals surface area contributed by atoms with Crippen molar-refractivity contribution < 1.29 is 9.53 Å². The fourth-order valence-electron chi connectivity index (χ4n) is 2.34. The molecule has 1 unspecified atom stereocenters. The molecule has 100 valence electrons. The molecule has 1 fully saturated rings. The van der Waals surface area contributed by atoms with Crippen LogP contribution in [0.2, 0.25) is 0 Å². The Hall–Kier alpha value is -1.52. The molecule has 1 aromatic rings. The van der Waals surface area contributed by atoms with E-state index in [0.717, 1.165) is 12.2 Å². The Labute approximate surface area is 107 Å². The van der Waals surface area contributed by atoms with E-state index < -0.39 is 5.97 Å². The van der Waals surface area contributed by atoms with Gasteiger partial charge in [-0.05, 0) is 32.6 Å². The van der Waals surface area contributed by atoms with Gasteiger partial charge in [-0.1, -0.05) is 6.92 Å². The topological polar surface area (TPSA) is 70.1 Å². The molecule has 2 N–H and O–H groups in total. The zero-order valence-electron chi connectivity index (χ0n) is 11.3. The van der Waals surface area contributed by atoms with E-state index in [2.05, 4.69) is 11.9 Å². The Morgan fingerprint density at radius 2 is 2.22 bits per heavy atom. The van der Waals surface area contributed by atoms with Gasteiger partial charge in [0.15, 0.2) is 5.69 Å². The van der Waals surface area contributed by atoms with Gasteiger partial charge in [0.25, 0.3) is 0 Å². The number of aryl methyl sites for hydroxylation is 1. The minimum Gasteiger partial charge on any atom is -0.461 e. The number of carbonyl (C=O) groups is 1. The summed E-state index contributed by atoms with van der Waals surface area (Å²) >= 11 is 0. The number of aromatic nitrogens is 2. The van der Waals surface area contributed by atoms with Gasteiger partial charge in [-0.3, -0.25) is 0 Å². The van der Waals surface area contributed by atoms with Crippen LogP contribution in [-0.4, -0.2) is 22.1 Å². The first kappa shape index (κ1) is 12.9. The van der Waals surface area contributed by atoms with Crippen molar-refractivity contribution >= 4 is 11.8 Å². The molecule has 0 saturated heterocycles. The molecular weight excluding hydrogens is 230 g/mol. The predicted molar refractivity (Wildman–Crippen MR) is 69.4 cm³/mol. The Kier molecular flexibility index (Phi) is 3.59. The van der Waals surface area contributed by atoms with Gasteiger partial charge < -0.3 is 15.0 Å². The van der Waals surface area contributed by atoms with E-state index >= 15 is 0 Å². The predicted octanol–water partition coefficient (Wildman–Crippen LogP) is 2.18. The molecule has 0 aromatic carbocycles. The number of nitrogens with two attached hydrogens (primary N) is 1. The quantitative estimate of drug-likeness (QED) is 0.814. The number of anilines is 1. The molecule has 0 aliphatic heterocycles. The molecule has 0 spiro atoms. The molecule has 0 bridgehead atoms. The number of carbonyl (C=O) groups excluding carboxylic acids is 1. The van der Waals surface area contributed by atoms with E-state index in [-0.39, 0.29) is 5.69 Å². The molecule has 18 heavy (non-hydrogen) atoms. The van der Waals surface area contributed by atoms with Crippen molar-refractivity contribution in [2.24, 2.45) is 5.92 Å². The summed E-state index contributed by atoms with van der Waals surface area (Å²) in [5, 5.41) is 0. The average Bonchev–Trinajstić information content (AvgIpc) is 3.13. The van der Waals surface area contributed by atoms with Gasteiger partial charge in [0, 0.05) is 12.5 Å². The normalized spacial score (nSPS) is 16.6. The lowest BCUT2D eigenvalue weighted by atomic mass is 10.2. The third-order valence-electron chi connectivity index (χ3n) is 3.52. The van der Waals surface area contributed by atoms with Gasteiger partial charge in [-0.25, -0.2) is 9.78 Å². The summed E-state index contributed by atoms with van der Waals surface area (Å²) < 4.78 is 6.99. The second-order valence-corrected chi connectivity index (χ2v) is 4.78. The number of hydrogen-bond donors (Lipinski definition) is 1. The summed E-state index contributed by atoms with van der Waals surface area (Å²) in [4.78, 5) is 16.1. The first-order valence-electron chi connectivity index (χ1n) is 6.63. The van der Waals surface area contributed by atoms with Crippen LogP contribution in [0.15, 0.2) is 0 Å². The SMILES string of the molecule is CCOC(=O)c1nc(CC)n(C(C)C2CC2)c1N. The van der Waals surface area contributed by atoms with Crippen LogP contribution in [0.5, 0.6) is 0 Å². The van der Waals surface area contributed by atoms with Crippen LogP contribution in [0.3, 0.4) is 0 Å². The Bertz CT molecular complexity index is 449. The lowest BCUT2D eigenvalue weighted by Gasteiger charge is -2.16. The molecule has 0 amide bonds. The molecule has 1 aliphatic carbocycles. The molecule has 2 rings (SSSR count). The van der Waals surface area contributed by atoms with Gasteiger partial charge in [0.05, 0.1) is 6.61 Å². The number of rotatable bonds is 5. The van der Waals surface area contributed by atoms with E-state index in [9.17, 15) is 4.79 Å². The number of nitrogens with zero attached hydrogens (tertiary/aromatic N) is 2. The summed E-state index contributed by atoms with van der Waals surface area (Å²) in [5.74, 6) is 1.56. The standard InChI is InChI=1S/C13H21N3O2/c1-4-10-15-11(13(17)18-5-2)12(14)16(10)8(3)9-6-7-9/h8-9H,4-7,14H2,1-3H3. The van der Waals surface area contributed by atoms with Crippen molar-refractivity contribution in [1.82, 2.24) is 9.55 Å². The van der Waals surface area contributed by atoms with Gasteiger partial charge in [0.1, 0.15) is 11.6 Å². The Balaban J connectivity index is 2.35. The highest BCUT2D eigenvalue weighted by Gasteiger charge is 2.33. The van der Waals surface area contributed by atoms with Crippen molar-refractivity contribution in [3.63, 3.8) is 0 Å². The monoisotopic (exact) mass is 251 g/mol. The Morgan fingerprint density at radius 3 is 2.72 bits per heavy atom. The molecule has 1 saturated carbocycles. The summed E-state index contributed by atoms with van der Waals surface area (Å²) in [6.07, 6.45) is 3.23. The maximum atomic E-state index is 11.8. The fraction of sp³-hybridized carbons (Fsp3) is 0.692. The van der Waals surface area contributed by atoms with E-state index in [4.69, 9.17) is 10.5 Å². The van der Waals surface area contributed by atoms with Crippen molar-refractivity contribution in [2.75, 3.05) is 12.3 Å². The second-order valence-electron chi connectivity index (χ2n) is 4.78. The molecule has 1 atom stereocenters. The summed E-state index contributed by atoms with van der Waals surface area (Å²) in [6.45, 7) is 6.28. The third kappa shape index (κ3) is 2.21. The van der Waals surface area contributed by atoms with Crippen LogP contribution < -0.4 is 5.73 Å². The van der Waals surface area contributed by atoms with Crippen LogP contribution in [0.4, 0.5) is 5.82 Å². The molecule has 5 heteroatoms. The van der Waals surface area contributed by atoms with Crippen LogP contribution in [-0.2, 0) is 11.2 Å². The summed E-state index contributed by atoms with van der Waals surface area (Å²) in [5.41, 5.74) is 6.34. The van der Waals surface area contributed by atoms with Crippen LogP contribution in [0.25, 0.3) is 0 Å². The molecule has 1 heterocycles. The van der Waals surface area contributed by atoms with Crippen molar-refractivity contribution in [1.29, 1.82) is 0 Å². The maximum Gasteiger partial charge on any atom is 0.360 e. The largest absolute Gasteiger partial charge is 0.461 e. The number of imidazole rings is 1. The van der Waals surface area contributed by atoms with E-state index in [1.54, 1.807) is 6.92 Å². The zero-order chi connectivity index (χ0) is 13.3. The minimum absolute atomic E-state index is 0.265. The Morgan fingerprint density at radius 1 is 1.56 bits per heavy atom. The van der Waals surface area contributed by atoms with Crippen molar-refractivity contribution in [3.05, 3.63) is 11.5 Å². The lowest BCUT2D eigenvalue weighted by molar-refractivity contribution is 0.0521. The smallest absolute Gasteiger partial charge is 0.360 e. The second kappa shape index (κ2) is 5.00. The van der Waals surface area contributed by atoms with Crippen LogP contribution in [0, 0.1) is 5.92 Å². The van der Waals surface area contributed by atoms with Crippen LogP contribution >= 0.6 is 0 Å². The van der Waals surface area contributed by atoms with Gasteiger partial charge in [-0.2, -0.15) is 0 Å². The van der Waals surface area contributed by atoms with E-state index in [1.165, 1.54) is 12.8 Å². The lowest BCUT2D eigenvalue weighted by Crippen LogP contribution is -2.14.